The maximum absolute atomic E-state index is 14.2. The van der Waals surface area contributed by atoms with Crippen LogP contribution < -0.4 is 4.90 Å². The van der Waals surface area contributed by atoms with Crippen molar-refractivity contribution in [1.29, 1.82) is 0 Å². The smallest absolute Gasteiger partial charge is 0.233 e. The Labute approximate surface area is 177 Å². The number of anilines is 1. The van der Waals surface area contributed by atoms with Gasteiger partial charge < -0.3 is 4.74 Å². The first-order valence-corrected chi connectivity index (χ1v) is 12.5. The van der Waals surface area contributed by atoms with Gasteiger partial charge in [0.15, 0.2) is 10.9 Å². The van der Waals surface area contributed by atoms with E-state index >= 15 is 0 Å². The summed E-state index contributed by atoms with van der Waals surface area (Å²) in [5.74, 6) is -2.27. The Kier molecular flexibility index (Phi) is 6.06. The van der Waals surface area contributed by atoms with Gasteiger partial charge in [0.1, 0.15) is 11.3 Å². The SMILES string of the molecule is CS(=O)(=O)N1CCCC(C(=O)N(CC2CCCO2)c2nc3c(F)cc(F)cc3s2)C1. The van der Waals surface area contributed by atoms with E-state index < -0.39 is 27.6 Å². The third-order valence-corrected chi connectivity index (χ3v) is 7.81. The van der Waals surface area contributed by atoms with Gasteiger partial charge in [-0.05, 0) is 31.7 Å². The van der Waals surface area contributed by atoms with E-state index in [1.165, 1.54) is 15.3 Å². The minimum atomic E-state index is -3.40. The van der Waals surface area contributed by atoms with E-state index in [0.717, 1.165) is 36.5 Å². The molecule has 2 saturated heterocycles. The number of ether oxygens (including phenoxy) is 1. The summed E-state index contributed by atoms with van der Waals surface area (Å²) in [6, 6.07) is 1.96. The van der Waals surface area contributed by atoms with Gasteiger partial charge in [0.2, 0.25) is 15.9 Å². The molecule has 2 fully saturated rings. The van der Waals surface area contributed by atoms with E-state index in [-0.39, 0.29) is 35.7 Å². The van der Waals surface area contributed by atoms with Crippen molar-refractivity contribution < 1.29 is 26.7 Å². The van der Waals surface area contributed by atoms with Crippen LogP contribution in [0.25, 0.3) is 10.2 Å². The van der Waals surface area contributed by atoms with E-state index in [4.69, 9.17) is 4.74 Å². The lowest BCUT2D eigenvalue weighted by molar-refractivity contribution is -0.123. The normalized spacial score (nSPS) is 23.2. The molecule has 1 aromatic carbocycles. The maximum atomic E-state index is 14.2. The van der Waals surface area contributed by atoms with Crippen LogP contribution in [0.3, 0.4) is 0 Å². The molecule has 0 bridgehead atoms. The van der Waals surface area contributed by atoms with Crippen molar-refractivity contribution in [2.24, 2.45) is 5.92 Å². The Morgan fingerprint density at radius 2 is 2.13 bits per heavy atom. The molecule has 3 heterocycles. The fourth-order valence-electron chi connectivity index (χ4n) is 3.98. The molecule has 1 aromatic heterocycles. The zero-order valence-electron chi connectivity index (χ0n) is 16.5. The minimum absolute atomic E-state index is 0.0166. The highest BCUT2D eigenvalue weighted by molar-refractivity contribution is 7.88. The Balaban J connectivity index is 1.66. The van der Waals surface area contributed by atoms with Crippen molar-refractivity contribution in [2.75, 3.05) is 37.4 Å². The molecule has 2 aliphatic heterocycles. The first kappa shape index (κ1) is 21.5. The number of benzene rings is 1. The number of halogens is 2. The van der Waals surface area contributed by atoms with Gasteiger partial charge in [0, 0.05) is 25.8 Å². The summed E-state index contributed by atoms with van der Waals surface area (Å²) in [5.41, 5.74) is 0.0166. The van der Waals surface area contributed by atoms with E-state index in [9.17, 15) is 22.0 Å². The van der Waals surface area contributed by atoms with Crippen LogP contribution in [0.15, 0.2) is 12.1 Å². The van der Waals surface area contributed by atoms with Crippen LogP contribution in [0, 0.1) is 17.6 Å². The average Bonchev–Trinajstić information content (AvgIpc) is 3.34. The first-order chi connectivity index (χ1) is 14.2. The Morgan fingerprint density at radius 1 is 1.33 bits per heavy atom. The number of sulfonamides is 1. The molecular formula is C19H23F2N3O4S2. The van der Waals surface area contributed by atoms with Gasteiger partial charge in [0.25, 0.3) is 0 Å². The summed E-state index contributed by atoms with van der Waals surface area (Å²) in [4.78, 5) is 19.2. The van der Waals surface area contributed by atoms with Crippen LogP contribution in [-0.2, 0) is 19.6 Å². The molecule has 0 saturated carbocycles. The van der Waals surface area contributed by atoms with Crippen LogP contribution in [-0.4, -0.2) is 62.2 Å². The lowest BCUT2D eigenvalue weighted by atomic mass is 9.98. The average molecular weight is 460 g/mol. The van der Waals surface area contributed by atoms with Crippen LogP contribution >= 0.6 is 11.3 Å². The van der Waals surface area contributed by atoms with Gasteiger partial charge in [-0.2, -0.15) is 0 Å². The summed E-state index contributed by atoms with van der Waals surface area (Å²) in [6.45, 7) is 1.35. The third-order valence-electron chi connectivity index (χ3n) is 5.51. The number of fused-ring (bicyclic) bond motifs is 1. The van der Waals surface area contributed by atoms with E-state index in [1.54, 1.807) is 0 Å². The molecule has 1 amide bonds. The van der Waals surface area contributed by atoms with E-state index in [1.807, 2.05) is 0 Å². The molecule has 30 heavy (non-hydrogen) atoms. The highest BCUT2D eigenvalue weighted by atomic mass is 32.2. The van der Waals surface area contributed by atoms with Gasteiger partial charge in [-0.3, -0.25) is 9.69 Å². The van der Waals surface area contributed by atoms with Gasteiger partial charge in [-0.1, -0.05) is 11.3 Å². The largest absolute Gasteiger partial charge is 0.376 e. The van der Waals surface area contributed by atoms with Gasteiger partial charge >= 0.3 is 0 Å². The molecule has 0 N–H and O–H groups in total. The fourth-order valence-corrected chi connectivity index (χ4v) is 5.91. The highest BCUT2D eigenvalue weighted by Gasteiger charge is 2.35. The number of piperidine rings is 1. The zero-order valence-corrected chi connectivity index (χ0v) is 18.1. The lowest BCUT2D eigenvalue weighted by Crippen LogP contribution is -2.48. The standard InChI is InChI=1S/C19H23F2N3O4S2/c1-30(26,27)23-6-2-4-12(10-23)18(25)24(11-14-5-3-7-28-14)19-22-17-15(21)8-13(20)9-16(17)29-19/h8-9,12,14H,2-7,10-11H2,1H3. The second-order valence-electron chi connectivity index (χ2n) is 7.77. The number of hydrogen-bond acceptors (Lipinski definition) is 6. The summed E-state index contributed by atoms with van der Waals surface area (Å²) in [7, 11) is -3.40. The summed E-state index contributed by atoms with van der Waals surface area (Å²) < 4.78 is 59.0. The Bertz CT molecular complexity index is 1050. The van der Waals surface area contributed by atoms with Crippen molar-refractivity contribution >= 4 is 42.6 Å². The predicted octanol–water partition coefficient (Wildman–Crippen LogP) is 2.76. The monoisotopic (exact) mass is 459 g/mol. The quantitative estimate of drug-likeness (QED) is 0.687. The first-order valence-electron chi connectivity index (χ1n) is 9.86. The molecule has 4 rings (SSSR count). The molecule has 11 heteroatoms. The molecule has 7 nitrogen and oxygen atoms in total. The van der Waals surface area contributed by atoms with Crippen LogP contribution in [0.1, 0.15) is 25.7 Å². The van der Waals surface area contributed by atoms with Crippen molar-refractivity contribution in [3.8, 4) is 0 Å². The number of rotatable bonds is 5. The molecule has 164 valence electrons. The molecule has 2 aromatic rings. The van der Waals surface area contributed by atoms with Crippen molar-refractivity contribution in [3.05, 3.63) is 23.8 Å². The number of hydrogen-bond donors (Lipinski definition) is 0. The van der Waals surface area contributed by atoms with E-state index in [2.05, 4.69) is 4.98 Å². The lowest BCUT2D eigenvalue weighted by Gasteiger charge is -2.33. The summed E-state index contributed by atoms with van der Waals surface area (Å²) >= 11 is 1.04. The third kappa shape index (κ3) is 4.48. The maximum Gasteiger partial charge on any atom is 0.233 e. The molecule has 0 spiro atoms. The number of nitrogens with zero attached hydrogens (tertiary/aromatic N) is 3. The molecule has 2 aliphatic rings. The number of thiazole rings is 1. The van der Waals surface area contributed by atoms with Crippen LogP contribution in [0.4, 0.5) is 13.9 Å². The topological polar surface area (TPSA) is 79.8 Å². The van der Waals surface area contributed by atoms with Gasteiger partial charge in [-0.15, -0.1) is 0 Å². The second-order valence-corrected chi connectivity index (χ2v) is 10.8. The molecule has 2 atom stereocenters. The number of aromatic nitrogens is 1. The summed E-state index contributed by atoms with van der Waals surface area (Å²) in [6.07, 6.45) is 3.78. The van der Waals surface area contributed by atoms with Gasteiger partial charge in [-0.25, -0.2) is 26.5 Å². The van der Waals surface area contributed by atoms with Gasteiger partial charge in [0.05, 0.1) is 29.5 Å². The Hall–Kier alpha value is -1.69. The molecule has 2 unspecified atom stereocenters. The predicted molar refractivity (Wildman–Crippen MR) is 110 cm³/mol. The van der Waals surface area contributed by atoms with Crippen LogP contribution in [0.5, 0.6) is 0 Å². The van der Waals surface area contributed by atoms with Crippen LogP contribution in [0.2, 0.25) is 0 Å². The zero-order chi connectivity index (χ0) is 21.5. The Morgan fingerprint density at radius 3 is 2.83 bits per heavy atom. The molecule has 0 radical (unpaired) electrons. The fraction of sp³-hybridized carbons (Fsp3) is 0.579. The van der Waals surface area contributed by atoms with Crippen molar-refractivity contribution in [1.82, 2.24) is 9.29 Å². The second kappa shape index (κ2) is 8.45. The number of carbonyl (C=O) groups is 1. The summed E-state index contributed by atoms with van der Waals surface area (Å²) in [5, 5.41) is 0.270. The number of amides is 1. The van der Waals surface area contributed by atoms with E-state index in [0.29, 0.717) is 30.7 Å². The number of carbonyl (C=O) groups excluding carboxylic acids is 1. The molecular weight excluding hydrogens is 436 g/mol. The molecule has 0 aliphatic carbocycles. The highest BCUT2D eigenvalue weighted by Crippen LogP contribution is 2.33. The van der Waals surface area contributed by atoms with Crippen molar-refractivity contribution in [2.45, 2.75) is 31.8 Å². The minimum Gasteiger partial charge on any atom is -0.376 e. The van der Waals surface area contributed by atoms with Crippen molar-refractivity contribution in [3.63, 3.8) is 0 Å².